The summed E-state index contributed by atoms with van der Waals surface area (Å²) >= 11 is 0. The van der Waals surface area contributed by atoms with Crippen LogP contribution in [0.15, 0.2) is 30.3 Å². The van der Waals surface area contributed by atoms with Gasteiger partial charge in [-0.15, -0.1) is 0 Å². The van der Waals surface area contributed by atoms with E-state index in [-0.39, 0.29) is 11.8 Å². The van der Waals surface area contributed by atoms with Crippen molar-refractivity contribution < 1.29 is 9.59 Å². The fourth-order valence-corrected chi connectivity index (χ4v) is 2.23. The molecule has 21 heavy (non-hydrogen) atoms. The quantitative estimate of drug-likeness (QED) is 0.811. The third-order valence-electron chi connectivity index (χ3n) is 3.42. The van der Waals surface area contributed by atoms with Crippen molar-refractivity contribution in [2.75, 3.05) is 12.4 Å². The molecule has 0 radical (unpaired) electrons. The molecule has 1 aliphatic heterocycles. The molecule has 108 valence electrons. The van der Waals surface area contributed by atoms with Crippen LogP contribution in [0.5, 0.6) is 0 Å². The average molecular weight is 286 g/mol. The lowest BCUT2D eigenvalue weighted by Gasteiger charge is -2.28. The van der Waals surface area contributed by atoms with E-state index in [4.69, 9.17) is 0 Å². The summed E-state index contributed by atoms with van der Waals surface area (Å²) < 4.78 is 1.52. The van der Waals surface area contributed by atoms with Gasteiger partial charge in [-0.1, -0.05) is 23.3 Å². The Labute approximate surface area is 120 Å². The molecular formula is C13H14N6O2. The molecule has 2 aromatic rings. The number of para-hydroxylation sites is 1. The topological polar surface area (TPSA) is 93.0 Å². The Hall–Kier alpha value is -2.77. The average Bonchev–Trinajstić information content (AvgIpc) is 2.97. The maximum absolute atomic E-state index is 12.1. The number of benzene rings is 1. The second-order valence-electron chi connectivity index (χ2n) is 4.78. The number of carbonyl (C=O) groups excluding carboxylic acids is 2. The summed E-state index contributed by atoms with van der Waals surface area (Å²) in [6.45, 7) is 0. The van der Waals surface area contributed by atoms with Gasteiger partial charge in [-0.3, -0.25) is 14.5 Å². The SMILES string of the molecule is CN1C(=O)CCC(Nc2nnnn2-c2ccccc2)C1=O. The summed E-state index contributed by atoms with van der Waals surface area (Å²) in [6, 6.07) is 8.87. The third-order valence-corrected chi connectivity index (χ3v) is 3.42. The Morgan fingerprint density at radius 3 is 2.76 bits per heavy atom. The number of rotatable bonds is 3. The molecule has 1 N–H and O–H groups in total. The zero-order valence-electron chi connectivity index (χ0n) is 11.4. The number of anilines is 1. The minimum atomic E-state index is -0.499. The normalized spacial score (nSPS) is 18.9. The first-order chi connectivity index (χ1) is 10.2. The molecule has 0 spiro atoms. The van der Waals surface area contributed by atoms with Crippen molar-refractivity contribution in [2.24, 2.45) is 0 Å². The van der Waals surface area contributed by atoms with Gasteiger partial charge in [0.25, 0.3) is 5.91 Å². The number of hydrogen-bond acceptors (Lipinski definition) is 6. The summed E-state index contributed by atoms with van der Waals surface area (Å²) in [6.07, 6.45) is 0.760. The number of aromatic nitrogens is 4. The van der Waals surface area contributed by atoms with E-state index in [2.05, 4.69) is 20.8 Å². The lowest BCUT2D eigenvalue weighted by molar-refractivity contribution is -0.146. The fraction of sp³-hybridized carbons (Fsp3) is 0.308. The molecule has 8 heteroatoms. The van der Waals surface area contributed by atoms with Crippen LogP contribution >= 0.6 is 0 Å². The van der Waals surface area contributed by atoms with Crippen molar-refractivity contribution >= 4 is 17.8 Å². The van der Waals surface area contributed by atoms with Gasteiger partial charge in [-0.05, 0) is 29.0 Å². The molecule has 0 bridgehead atoms. The zero-order valence-corrected chi connectivity index (χ0v) is 11.4. The first kappa shape index (κ1) is 13.2. The molecule has 1 aromatic heterocycles. The third kappa shape index (κ3) is 2.47. The summed E-state index contributed by atoms with van der Waals surface area (Å²) in [5, 5.41) is 14.5. The molecule has 8 nitrogen and oxygen atoms in total. The highest BCUT2D eigenvalue weighted by Crippen LogP contribution is 2.17. The first-order valence-corrected chi connectivity index (χ1v) is 6.57. The molecule has 1 saturated heterocycles. The van der Waals surface area contributed by atoms with E-state index in [0.717, 1.165) is 10.6 Å². The number of likely N-dealkylation sites (tertiary alicyclic amines) is 1. The van der Waals surface area contributed by atoms with Gasteiger partial charge in [0.1, 0.15) is 6.04 Å². The van der Waals surface area contributed by atoms with Crippen LogP contribution in [0.1, 0.15) is 12.8 Å². The second kappa shape index (κ2) is 5.31. The Kier molecular flexibility index (Phi) is 3.35. The van der Waals surface area contributed by atoms with E-state index in [1.807, 2.05) is 30.3 Å². The summed E-state index contributed by atoms with van der Waals surface area (Å²) in [4.78, 5) is 24.7. The number of tetrazole rings is 1. The van der Waals surface area contributed by atoms with Crippen molar-refractivity contribution in [3.63, 3.8) is 0 Å². The van der Waals surface area contributed by atoms with Crippen LogP contribution < -0.4 is 5.32 Å². The van der Waals surface area contributed by atoms with Crippen molar-refractivity contribution in [1.82, 2.24) is 25.1 Å². The van der Waals surface area contributed by atoms with Crippen LogP contribution in [0.25, 0.3) is 5.69 Å². The number of imide groups is 1. The molecular weight excluding hydrogens is 272 g/mol. The van der Waals surface area contributed by atoms with Crippen LogP contribution in [-0.2, 0) is 9.59 Å². The molecule has 1 aromatic carbocycles. The van der Waals surface area contributed by atoms with Gasteiger partial charge < -0.3 is 5.32 Å². The minimum absolute atomic E-state index is 0.166. The highest BCUT2D eigenvalue weighted by molar-refractivity contribution is 6.01. The number of likely N-dealkylation sites (N-methyl/N-ethyl adjacent to an activating group) is 1. The van der Waals surface area contributed by atoms with Crippen molar-refractivity contribution in [1.29, 1.82) is 0 Å². The molecule has 1 atom stereocenters. The van der Waals surface area contributed by atoms with Gasteiger partial charge in [0.15, 0.2) is 0 Å². The van der Waals surface area contributed by atoms with Crippen LogP contribution in [0.2, 0.25) is 0 Å². The zero-order chi connectivity index (χ0) is 14.8. The second-order valence-corrected chi connectivity index (χ2v) is 4.78. The van der Waals surface area contributed by atoms with Crippen LogP contribution in [0.4, 0.5) is 5.95 Å². The van der Waals surface area contributed by atoms with E-state index < -0.39 is 6.04 Å². The molecule has 1 fully saturated rings. The molecule has 2 heterocycles. The predicted molar refractivity (Wildman–Crippen MR) is 73.6 cm³/mol. The Balaban J connectivity index is 1.82. The summed E-state index contributed by atoms with van der Waals surface area (Å²) in [7, 11) is 1.48. The standard InChI is InChI=1S/C13H14N6O2/c1-18-11(20)8-7-10(12(18)21)14-13-15-16-17-19(13)9-5-3-2-4-6-9/h2-6,10H,7-8H2,1H3,(H,14,15,17). The van der Waals surface area contributed by atoms with Gasteiger partial charge in [-0.25, -0.2) is 0 Å². The lowest BCUT2D eigenvalue weighted by Crippen LogP contribution is -2.48. The van der Waals surface area contributed by atoms with Crippen LogP contribution in [0, 0.1) is 0 Å². The van der Waals surface area contributed by atoms with Gasteiger partial charge >= 0.3 is 0 Å². The fourth-order valence-electron chi connectivity index (χ4n) is 2.23. The van der Waals surface area contributed by atoms with E-state index >= 15 is 0 Å². The number of piperidine rings is 1. The number of nitrogens with one attached hydrogen (secondary N) is 1. The van der Waals surface area contributed by atoms with Gasteiger partial charge in [0.2, 0.25) is 11.9 Å². The Morgan fingerprint density at radius 1 is 1.24 bits per heavy atom. The highest BCUT2D eigenvalue weighted by Gasteiger charge is 2.32. The maximum Gasteiger partial charge on any atom is 0.251 e. The van der Waals surface area contributed by atoms with Crippen LogP contribution in [0.3, 0.4) is 0 Å². The van der Waals surface area contributed by atoms with Gasteiger partial charge in [-0.2, -0.15) is 4.68 Å². The van der Waals surface area contributed by atoms with E-state index in [1.165, 1.54) is 11.7 Å². The number of hydrogen-bond donors (Lipinski definition) is 1. The largest absolute Gasteiger partial charge is 0.341 e. The van der Waals surface area contributed by atoms with E-state index in [9.17, 15) is 9.59 Å². The maximum atomic E-state index is 12.1. The number of amides is 2. The molecule has 1 aliphatic rings. The van der Waals surface area contributed by atoms with Crippen molar-refractivity contribution in [2.45, 2.75) is 18.9 Å². The summed E-state index contributed by atoms with van der Waals surface area (Å²) in [5.41, 5.74) is 0.790. The smallest absolute Gasteiger partial charge is 0.251 e. The molecule has 3 rings (SSSR count). The molecule has 1 unspecified atom stereocenters. The van der Waals surface area contributed by atoms with Crippen molar-refractivity contribution in [3.05, 3.63) is 30.3 Å². The number of carbonyl (C=O) groups is 2. The monoisotopic (exact) mass is 286 g/mol. The minimum Gasteiger partial charge on any atom is -0.341 e. The molecule has 0 saturated carbocycles. The summed E-state index contributed by atoms with van der Waals surface area (Å²) in [5.74, 6) is -0.0585. The van der Waals surface area contributed by atoms with E-state index in [1.54, 1.807) is 0 Å². The predicted octanol–water partition coefficient (Wildman–Crippen LogP) is 0.222. The van der Waals surface area contributed by atoms with Crippen molar-refractivity contribution in [3.8, 4) is 5.69 Å². The van der Waals surface area contributed by atoms with Gasteiger partial charge in [0, 0.05) is 13.5 Å². The van der Waals surface area contributed by atoms with Crippen LogP contribution in [-0.4, -0.2) is 50.0 Å². The van der Waals surface area contributed by atoms with E-state index in [0.29, 0.717) is 18.8 Å². The molecule has 2 amide bonds. The lowest BCUT2D eigenvalue weighted by atomic mass is 10.1. The highest BCUT2D eigenvalue weighted by atomic mass is 16.2. The van der Waals surface area contributed by atoms with Gasteiger partial charge in [0.05, 0.1) is 5.69 Å². The Morgan fingerprint density at radius 2 is 2.00 bits per heavy atom. The first-order valence-electron chi connectivity index (χ1n) is 6.57. The number of nitrogens with zero attached hydrogens (tertiary/aromatic N) is 5. The Bertz CT molecular complexity index is 668. The molecule has 0 aliphatic carbocycles.